The van der Waals surface area contributed by atoms with Gasteiger partial charge < -0.3 is 14.5 Å². The van der Waals surface area contributed by atoms with Crippen LogP contribution in [0.4, 0.5) is 4.79 Å². The van der Waals surface area contributed by atoms with Crippen LogP contribution in [0.5, 0.6) is 0 Å². The second-order valence-corrected chi connectivity index (χ2v) is 13.5. The van der Waals surface area contributed by atoms with E-state index < -0.39 is 20.0 Å². The molecule has 0 bridgehead atoms. The normalized spacial score (nSPS) is 16.3. The third-order valence-corrected chi connectivity index (χ3v) is 8.76. The van der Waals surface area contributed by atoms with Crippen molar-refractivity contribution in [1.82, 2.24) is 5.32 Å². The van der Waals surface area contributed by atoms with Gasteiger partial charge in [-0.05, 0) is 51.7 Å². The van der Waals surface area contributed by atoms with E-state index >= 15 is 0 Å². The molecule has 0 heterocycles. The lowest BCUT2D eigenvalue weighted by Gasteiger charge is -2.38. The van der Waals surface area contributed by atoms with Crippen LogP contribution in [0.1, 0.15) is 55.4 Å². The average Bonchev–Trinajstić information content (AvgIpc) is 2.30. The molecule has 0 saturated heterocycles. The molecule has 2 atom stereocenters. The Morgan fingerprint density at radius 3 is 2.09 bits per heavy atom. The lowest BCUT2D eigenvalue weighted by Crippen LogP contribution is -2.49. The molecular weight excluding hydrogens is 306 g/mol. The molecule has 0 fully saturated rings. The summed E-state index contributed by atoms with van der Waals surface area (Å²) in [5, 5.41) is 3.11. The highest BCUT2D eigenvalue weighted by atomic mass is 28.4. The number of nitrogens with one attached hydrogen (secondary N) is 1. The lowest BCUT2D eigenvalue weighted by molar-refractivity contribution is 0.0471. The highest BCUT2D eigenvalue weighted by Crippen LogP contribution is 2.36. The van der Waals surface area contributed by atoms with Crippen molar-refractivity contribution in [2.75, 3.05) is 6.61 Å². The zero-order chi connectivity index (χ0) is 18.5. The van der Waals surface area contributed by atoms with Gasteiger partial charge in [-0.1, -0.05) is 39.8 Å². The molecule has 0 rings (SSSR count). The maximum Gasteiger partial charge on any atom is 0.407 e. The summed E-state index contributed by atoms with van der Waals surface area (Å²) in [4.78, 5) is 12.1. The van der Waals surface area contributed by atoms with Crippen molar-refractivity contribution >= 4 is 14.4 Å². The van der Waals surface area contributed by atoms with E-state index in [1.54, 1.807) is 0 Å². The minimum absolute atomic E-state index is 0.102. The topological polar surface area (TPSA) is 47.6 Å². The second-order valence-electron chi connectivity index (χ2n) is 8.71. The molecule has 0 radical (unpaired) electrons. The molecule has 1 N–H and O–H groups in total. The summed E-state index contributed by atoms with van der Waals surface area (Å²) in [7, 11) is -1.85. The van der Waals surface area contributed by atoms with Crippen LogP contribution in [0, 0.1) is 5.92 Å². The Morgan fingerprint density at radius 2 is 1.70 bits per heavy atom. The first-order valence-electron chi connectivity index (χ1n) is 8.46. The van der Waals surface area contributed by atoms with Crippen LogP contribution in [-0.2, 0) is 9.16 Å². The van der Waals surface area contributed by atoms with Crippen LogP contribution in [0.25, 0.3) is 0 Å². The van der Waals surface area contributed by atoms with Gasteiger partial charge in [0.05, 0.1) is 12.6 Å². The van der Waals surface area contributed by atoms with Gasteiger partial charge in [-0.25, -0.2) is 4.79 Å². The first-order valence-corrected chi connectivity index (χ1v) is 11.4. The van der Waals surface area contributed by atoms with Gasteiger partial charge in [0.15, 0.2) is 8.32 Å². The molecule has 136 valence electrons. The summed E-state index contributed by atoms with van der Waals surface area (Å²) in [6, 6.07) is -0.102. The van der Waals surface area contributed by atoms with Crippen molar-refractivity contribution in [1.29, 1.82) is 0 Å². The molecule has 0 aromatic heterocycles. The van der Waals surface area contributed by atoms with Gasteiger partial charge in [-0.3, -0.25) is 0 Å². The zero-order valence-electron chi connectivity index (χ0n) is 16.7. The van der Waals surface area contributed by atoms with Gasteiger partial charge in [0.2, 0.25) is 0 Å². The van der Waals surface area contributed by atoms with E-state index in [-0.39, 0.29) is 17.0 Å². The number of hydrogen-bond acceptors (Lipinski definition) is 3. The number of carbonyl (C=O) groups excluding carboxylic acids is 1. The zero-order valence-corrected chi connectivity index (χ0v) is 17.7. The first kappa shape index (κ1) is 22.2. The third kappa shape index (κ3) is 8.56. The van der Waals surface area contributed by atoms with Gasteiger partial charge in [-0.15, -0.1) is 0 Å². The molecule has 0 unspecified atom stereocenters. The first-order chi connectivity index (χ1) is 10.2. The van der Waals surface area contributed by atoms with Crippen LogP contribution in [-0.4, -0.2) is 32.7 Å². The van der Waals surface area contributed by atoms with Crippen LogP contribution >= 0.6 is 0 Å². The van der Waals surface area contributed by atoms with Crippen LogP contribution in [0.2, 0.25) is 18.1 Å². The minimum atomic E-state index is -1.85. The van der Waals surface area contributed by atoms with Gasteiger partial charge in [-0.2, -0.15) is 0 Å². The number of hydrogen-bond donors (Lipinski definition) is 1. The molecule has 0 aromatic rings. The predicted octanol–water partition coefficient (Wildman–Crippen LogP) is 5.11. The molecule has 0 aromatic carbocycles. The Hall–Kier alpha value is -0.813. The molecular formula is C18H37NO3Si. The highest BCUT2D eigenvalue weighted by molar-refractivity contribution is 6.74. The quantitative estimate of drug-likeness (QED) is 0.538. The summed E-state index contributed by atoms with van der Waals surface area (Å²) in [5.41, 5.74) is -0.501. The number of allylic oxidation sites excluding steroid dienone is 1. The van der Waals surface area contributed by atoms with Gasteiger partial charge in [0, 0.05) is 0 Å². The Balaban J connectivity index is 4.94. The summed E-state index contributed by atoms with van der Waals surface area (Å²) < 4.78 is 11.7. The molecule has 0 aliphatic carbocycles. The van der Waals surface area contributed by atoms with Gasteiger partial charge in [0.25, 0.3) is 0 Å². The van der Waals surface area contributed by atoms with E-state index in [1.165, 1.54) is 0 Å². The standard InChI is InChI=1S/C18H37NO3Si/c1-11-12-14(2)15(19-16(20)22-17(3,4)5)13-21-23(9,10)18(6,7)8/h11-12,14-15H,13H2,1-10H3,(H,19,20)/b12-11+/t14-,15+/m1/s1. The van der Waals surface area contributed by atoms with Crippen molar-refractivity contribution in [3.05, 3.63) is 12.2 Å². The SMILES string of the molecule is C/C=C/[C@@H](C)[C@H](CO[Si](C)(C)C(C)(C)C)NC(=O)OC(C)(C)C. The summed E-state index contributed by atoms with van der Waals surface area (Å²) >= 11 is 0. The predicted molar refractivity (Wildman–Crippen MR) is 100 cm³/mol. The number of amides is 1. The summed E-state index contributed by atoms with van der Waals surface area (Å²) in [5.74, 6) is 0.178. The second kappa shape index (κ2) is 8.33. The van der Waals surface area contributed by atoms with E-state index in [1.807, 2.05) is 33.8 Å². The van der Waals surface area contributed by atoms with Crippen molar-refractivity contribution in [2.45, 2.75) is 85.2 Å². The molecule has 5 heteroatoms. The summed E-state index contributed by atoms with van der Waals surface area (Å²) in [6.45, 7) is 21.2. The van der Waals surface area contributed by atoms with Crippen LogP contribution < -0.4 is 5.32 Å². The fourth-order valence-corrected chi connectivity index (χ4v) is 2.77. The Kier molecular flexibility index (Phi) is 8.04. The number of carbonyl (C=O) groups is 1. The lowest BCUT2D eigenvalue weighted by atomic mass is 10.0. The molecule has 0 aliphatic heterocycles. The van der Waals surface area contributed by atoms with Gasteiger partial charge >= 0.3 is 6.09 Å². The molecule has 0 spiro atoms. The molecule has 0 aliphatic rings. The van der Waals surface area contributed by atoms with Crippen molar-refractivity contribution in [2.24, 2.45) is 5.92 Å². The highest BCUT2D eigenvalue weighted by Gasteiger charge is 2.38. The van der Waals surface area contributed by atoms with E-state index in [9.17, 15) is 4.79 Å². The monoisotopic (exact) mass is 343 g/mol. The average molecular weight is 344 g/mol. The fraction of sp³-hybridized carbons (Fsp3) is 0.833. The number of ether oxygens (including phenoxy) is 1. The molecule has 0 saturated carbocycles. The number of rotatable bonds is 6. The van der Waals surface area contributed by atoms with Crippen LogP contribution in [0.15, 0.2) is 12.2 Å². The van der Waals surface area contributed by atoms with Crippen molar-refractivity contribution in [3.8, 4) is 0 Å². The van der Waals surface area contributed by atoms with Gasteiger partial charge in [0.1, 0.15) is 5.60 Å². The van der Waals surface area contributed by atoms with E-state index in [0.717, 1.165) is 0 Å². The fourth-order valence-electron chi connectivity index (χ4n) is 1.74. The Bertz CT molecular complexity index is 405. The van der Waals surface area contributed by atoms with E-state index in [0.29, 0.717) is 6.61 Å². The number of alkyl carbamates (subject to hydrolysis) is 1. The smallest absolute Gasteiger partial charge is 0.407 e. The maximum absolute atomic E-state index is 12.1. The molecule has 1 amide bonds. The van der Waals surface area contributed by atoms with Crippen molar-refractivity contribution < 1.29 is 14.0 Å². The molecule has 23 heavy (non-hydrogen) atoms. The van der Waals surface area contributed by atoms with Crippen LogP contribution in [0.3, 0.4) is 0 Å². The Labute approximate surface area is 144 Å². The van der Waals surface area contributed by atoms with E-state index in [4.69, 9.17) is 9.16 Å². The molecule has 4 nitrogen and oxygen atoms in total. The third-order valence-electron chi connectivity index (χ3n) is 4.26. The maximum atomic E-state index is 12.1. The summed E-state index contributed by atoms with van der Waals surface area (Å²) in [6.07, 6.45) is 3.69. The van der Waals surface area contributed by atoms with Crippen molar-refractivity contribution in [3.63, 3.8) is 0 Å². The van der Waals surface area contributed by atoms with E-state index in [2.05, 4.69) is 52.2 Å². The Morgan fingerprint density at radius 1 is 1.17 bits per heavy atom. The largest absolute Gasteiger partial charge is 0.444 e. The minimum Gasteiger partial charge on any atom is -0.444 e.